The lowest BCUT2D eigenvalue weighted by Gasteiger charge is -2.09. The Hall–Kier alpha value is -2.06. The van der Waals surface area contributed by atoms with Crippen LogP contribution < -0.4 is 5.32 Å². The van der Waals surface area contributed by atoms with Gasteiger partial charge in [-0.25, -0.2) is 0 Å². The van der Waals surface area contributed by atoms with E-state index in [4.69, 9.17) is 5.11 Å². The third kappa shape index (κ3) is 4.56. The number of nitrogens with zero attached hydrogens (tertiary/aromatic N) is 2. The van der Waals surface area contributed by atoms with Gasteiger partial charge in [-0.15, -0.1) is 0 Å². The molecule has 9 heteroatoms. The quantitative estimate of drug-likeness (QED) is 0.841. The van der Waals surface area contributed by atoms with Crippen LogP contribution >= 0.6 is 0 Å². The van der Waals surface area contributed by atoms with Crippen LogP contribution in [0.5, 0.6) is 0 Å². The summed E-state index contributed by atoms with van der Waals surface area (Å²) in [5.74, 6) is -1.88. The third-order valence-corrected chi connectivity index (χ3v) is 2.64. The van der Waals surface area contributed by atoms with Crippen molar-refractivity contribution < 1.29 is 27.9 Å². The second kappa shape index (κ2) is 5.93. The molecule has 112 valence electrons. The first-order valence-corrected chi connectivity index (χ1v) is 5.68. The molecule has 2 N–H and O–H groups in total. The predicted octanol–water partition coefficient (Wildman–Crippen LogP) is 0.806. The molecular weight excluding hydrogens is 279 g/mol. The summed E-state index contributed by atoms with van der Waals surface area (Å²) in [7, 11) is 0. The van der Waals surface area contributed by atoms with Crippen molar-refractivity contribution in [2.45, 2.75) is 33.0 Å². The number of hydrogen-bond donors (Lipinski definition) is 2. The summed E-state index contributed by atoms with van der Waals surface area (Å²) in [6, 6.07) is 0. The first-order valence-electron chi connectivity index (χ1n) is 5.68. The largest absolute Gasteiger partial charge is 0.481 e. The Labute approximate surface area is 112 Å². The number of amides is 1. The Bertz CT molecular complexity index is 523. The zero-order valence-corrected chi connectivity index (χ0v) is 10.9. The molecule has 0 aliphatic rings. The van der Waals surface area contributed by atoms with Gasteiger partial charge in [0, 0.05) is 11.3 Å². The molecule has 0 radical (unpaired) electrons. The molecule has 0 saturated heterocycles. The highest BCUT2D eigenvalue weighted by Gasteiger charge is 2.27. The monoisotopic (exact) mass is 293 g/mol. The number of carboxylic acid groups (broad SMARTS) is 1. The topological polar surface area (TPSA) is 84.2 Å². The Balaban J connectivity index is 2.74. The summed E-state index contributed by atoms with van der Waals surface area (Å²) < 4.78 is 37.0. The van der Waals surface area contributed by atoms with E-state index in [1.807, 2.05) is 0 Å². The van der Waals surface area contributed by atoms with E-state index in [2.05, 4.69) is 5.10 Å². The summed E-state index contributed by atoms with van der Waals surface area (Å²) >= 11 is 0. The standard InChI is InChI=1S/C11H14F3N3O3/c1-6-8(3-10(19)20)7(2)17(16-6)4-9(18)15-5-11(12,13)14/h3-5H2,1-2H3,(H,15,18)(H,19,20). The molecule has 1 rings (SSSR count). The zero-order valence-electron chi connectivity index (χ0n) is 10.9. The van der Waals surface area contributed by atoms with Crippen LogP contribution in [0.25, 0.3) is 0 Å². The van der Waals surface area contributed by atoms with Gasteiger partial charge < -0.3 is 10.4 Å². The number of aryl methyl sites for hydroxylation is 1. The zero-order chi connectivity index (χ0) is 15.5. The fourth-order valence-corrected chi connectivity index (χ4v) is 1.69. The Kier molecular flexibility index (Phi) is 4.74. The van der Waals surface area contributed by atoms with E-state index in [1.165, 1.54) is 4.68 Å². The molecule has 6 nitrogen and oxygen atoms in total. The van der Waals surface area contributed by atoms with Crippen LogP contribution in [0.4, 0.5) is 13.2 Å². The fourth-order valence-electron chi connectivity index (χ4n) is 1.69. The molecule has 0 fully saturated rings. The number of carbonyl (C=O) groups excluding carboxylic acids is 1. The van der Waals surface area contributed by atoms with E-state index < -0.39 is 24.6 Å². The van der Waals surface area contributed by atoms with Gasteiger partial charge in [-0.2, -0.15) is 18.3 Å². The lowest BCUT2D eigenvalue weighted by molar-refractivity contribution is -0.138. The Morgan fingerprint density at radius 3 is 2.45 bits per heavy atom. The van der Waals surface area contributed by atoms with Gasteiger partial charge in [-0.1, -0.05) is 0 Å². The number of aliphatic carboxylic acids is 1. The van der Waals surface area contributed by atoms with Gasteiger partial charge in [0.1, 0.15) is 13.1 Å². The molecule has 0 bridgehead atoms. The van der Waals surface area contributed by atoms with Crippen LogP contribution in [-0.2, 0) is 22.6 Å². The van der Waals surface area contributed by atoms with Gasteiger partial charge in [0.05, 0.1) is 12.1 Å². The minimum absolute atomic E-state index is 0.248. The maximum Gasteiger partial charge on any atom is 0.405 e. The van der Waals surface area contributed by atoms with Crippen molar-refractivity contribution in [3.63, 3.8) is 0 Å². The second-order valence-corrected chi connectivity index (χ2v) is 4.27. The summed E-state index contributed by atoms with van der Waals surface area (Å²) in [5.41, 5.74) is 1.35. The van der Waals surface area contributed by atoms with Crippen LogP contribution in [0.3, 0.4) is 0 Å². The van der Waals surface area contributed by atoms with E-state index in [0.29, 0.717) is 17.0 Å². The first kappa shape index (κ1) is 16.0. The summed E-state index contributed by atoms with van der Waals surface area (Å²) in [5, 5.41) is 14.4. The average Bonchev–Trinajstić information content (AvgIpc) is 2.53. The van der Waals surface area contributed by atoms with Crippen molar-refractivity contribution in [1.82, 2.24) is 15.1 Å². The molecule has 0 unspecified atom stereocenters. The van der Waals surface area contributed by atoms with Crippen molar-refractivity contribution in [2.24, 2.45) is 0 Å². The van der Waals surface area contributed by atoms with Crippen LogP contribution in [0.2, 0.25) is 0 Å². The van der Waals surface area contributed by atoms with Crippen LogP contribution in [-0.4, -0.2) is 39.5 Å². The minimum Gasteiger partial charge on any atom is -0.481 e. The molecule has 0 atom stereocenters. The highest BCUT2D eigenvalue weighted by molar-refractivity contribution is 5.76. The molecule has 1 heterocycles. The highest BCUT2D eigenvalue weighted by atomic mass is 19.4. The smallest absolute Gasteiger partial charge is 0.405 e. The van der Waals surface area contributed by atoms with Crippen LogP contribution in [0, 0.1) is 13.8 Å². The highest BCUT2D eigenvalue weighted by Crippen LogP contribution is 2.14. The number of rotatable bonds is 5. The molecular formula is C11H14F3N3O3. The Morgan fingerprint density at radius 2 is 1.95 bits per heavy atom. The SMILES string of the molecule is Cc1nn(CC(=O)NCC(F)(F)F)c(C)c1CC(=O)O. The maximum atomic E-state index is 11.9. The molecule has 0 aliphatic carbocycles. The van der Waals surface area contributed by atoms with Crippen molar-refractivity contribution in [1.29, 1.82) is 0 Å². The molecule has 0 spiro atoms. The van der Waals surface area contributed by atoms with E-state index in [0.717, 1.165) is 0 Å². The molecule has 1 aromatic rings. The van der Waals surface area contributed by atoms with Gasteiger partial charge >= 0.3 is 12.1 Å². The third-order valence-electron chi connectivity index (χ3n) is 2.64. The Morgan fingerprint density at radius 1 is 1.35 bits per heavy atom. The molecule has 1 aromatic heterocycles. The van der Waals surface area contributed by atoms with Crippen LogP contribution in [0.15, 0.2) is 0 Å². The van der Waals surface area contributed by atoms with Crippen molar-refractivity contribution >= 4 is 11.9 Å². The van der Waals surface area contributed by atoms with Gasteiger partial charge in [-0.05, 0) is 13.8 Å². The van der Waals surface area contributed by atoms with Crippen molar-refractivity contribution in [3.05, 3.63) is 17.0 Å². The van der Waals surface area contributed by atoms with Gasteiger partial charge in [-0.3, -0.25) is 14.3 Å². The summed E-state index contributed by atoms with van der Waals surface area (Å²) in [6.45, 7) is 1.35. The lowest BCUT2D eigenvalue weighted by Crippen LogP contribution is -2.36. The lowest BCUT2D eigenvalue weighted by atomic mass is 10.1. The first-order chi connectivity index (χ1) is 9.10. The van der Waals surface area contributed by atoms with Gasteiger partial charge in [0.15, 0.2) is 0 Å². The van der Waals surface area contributed by atoms with E-state index in [9.17, 15) is 22.8 Å². The van der Waals surface area contributed by atoms with E-state index in [-0.39, 0.29) is 13.0 Å². The number of aromatic nitrogens is 2. The van der Waals surface area contributed by atoms with E-state index in [1.54, 1.807) is 19.2 Å². The molecule has 0 aliphatic heterocycles. The molecule has 0 aromatic carbocycles. The minimum atomic E-state index is -4.47. The number of carboxylic acids is 1. The fraction of sp³-hybridized carbons (Fsp3) is 0.545. The second-order valence-electron chi connectivity index (χ2n) is 4.27. The number of halogens is 3. The van der Waals surface area contributed by atoms with Crippen molar-refractivity contribution in [2.75, 3.05) is 6.54 Å². The molecule has 1 amide bonds. The summed E-state index contributed by atoms with van der Waals surface area (Å²) in [4.78, 5) is 22.0. The number of carbonyl (C=O) groups is 2. The van der Waals surface area contributed by atoms with Gasteiger partial charge in [0.25, 0.3) is 0 Å². The number of hydrogen-bond acceptors (Lipinski definition) is 3. The number of nitrogens with one attached hydrogen (secondary N) is 1. The van der Waals surface area contributed by atoms with Crippen LogP contribution in [0.1, 0.15) is 17.0 Å². The average molecular weight is 293 g/mol. The predicted molar refractivity (Wildman–Crippen MR) is 62.1 cm³/mol. The molecule has 20 heavy (non-hydrogen) atoms. The summed E-state index contributed by atoms with van der Waals surface area (Å²) in [6.07, 6.45) is -4.72. The number of alkyl halides is 3. The van der Waals surface area contributed by atoms with E-state index >= 15 is 0 Å². The van der Waals surface area contributed by atoms with Crippen molar-refractivity contribution in [3.8, 4) is 0 Å². The van der Waals surface area contributed by atoms with Gasteiger partial charge in [0.2, 0.25) is 5.91 Å². The normalized spacial score (nSPS) is 11.4. The molecule has 0 saturated carbocycles. The maximum absolute atomic E-state index is 11.9.